The van der Waals surface area contributed by atoms with Crippen LogP contribution in [0.4, 0.5) is 13.2 Å². The van der Waals surface area contributed by atoms with Crippen LogP contribution in [0.3, 0.4) is 0 Å². The molecule has 7 heteroatoms. The van der Waals surface area contributed by atoms with Crippen molar-refractivity contribution in [3.63, 3.8) is 0 Å². The highest BCUT2D eigenvalue weighted by molar-refractivity contribution is 8.00. The van der Waals surface area contributed by atoms with Gasteiger partial charge >= 0.3 is 5.51 Å². The second-order valence-corrected chi connectivity index (χ2v) is 4.96. The van der Waals surface area contributed by atoms with Gasteiger partial charge in [-0.15, -0.1) is 0 Å². The van der Waals surface area contributed by atoms with Crippen molar-refractivity contribution < 1.29 is 17.9 Å². The lowest BCUT2D eigenvalue weighted by atomic mass is 10.2. The first-order valence-electron chi connectivity index (χ1n) is 5.17. The van der Waals surface area contributed by atoms with E-state index in [-0.39, 0.29) is 24.1 Å². The Morgan fingerprint density at radius 1 is 1.39 bits per heavy atom. The molecule has 0 aliphatic carbocycles. The summed E-state index contributed by atoms with van der Waals surface area (Å²) in [4.78, 5) is 0. The van der Waals surface area contributed by atoms with Gasteiger partial charge in [-0.05, 0) is 23.9 Å². The number of nitrogens with one attached hydrogen (secondary N) is 1. The Morgan fingerprint density at radius 3 is 2.72 bits per heavy atom. The molecule has 0 saturated heterocycles. The summed E-state index contributed by atoms with van der Waals surface area (Å²) in [5.41, 5.74) is -3.43. The molecule has 1 rings (SSSR count). The molecule has 0 radical (unpaired) electrons. The normalized spacial score (nSPS) is 11.6. The molecule has 2 nitrogen and oxygen atoms in total. The van der Waals surface area contributed by atoms with Crippen molar-refractivity contribution in [1.82, 2.24) is 5.32 Å². The maximum Gasteiger partial charge on any atom is 0.441 e. The third-order valence-corrected chi connectivity index (χ3v) is 3.23. The molecule has 102 valence electrons. The van der Waals surface area contributed by atoms with E-state index in [1.807, 2.05) is 0 Å². The van der Waals surface area contributed by atoms with Gasteiger partial charge in [-0.1, -0.05) is 17.7 Å². The average molecular weight is 300 g/mol. The standard InChI is InChI=1S/C11H13ClF3NOS/c1-17-10-4-2-3-9(12)8(10)7-16-5-6-18-11(13,14)15/h2-4,16H,5-7H2,1H3. The fourth-order valence-corrected chi connectivity index (χ4v) is 2.06. The zero-order valence-corrected chi connectivity index (χ0v) is 11.3. The lowest BCUT2D eigenvalue weighted by molar-refractivity contribution is -0.0327. The average Bonchev–Trinajstić information content (AvgIpc) is 2.29. The molecule has 1 aromatic rings. The van der Waals surface area contributed by atoms with Crippen LogP contribution in [0.2, 0.25) is 5.02 Å². The second kappa shape index (κ2) is 7.11. The van der Waals surface area contributed by atoms with Gasteiger partial charge in [-0.2, -0.15) is 13.2 Å². The van der Waals surface area contributed by atoms with Crippen molar-refractivity contribution in [3.05, 3.63) is 28.8 Å². The van der Waals surface area contributed by atoms with Gasteiger partial charge in [0.25, 0.3) is 0 Å². The molecule has 0 atom stereocenters. The summed E-state index contributed by atoms with van der Waals surface area (Å²) in [6, 6.07) is 5.23. The van der Waals surface area contributed by atoms with Gasteiger partial charge in [-0.25, -0.2) is 0 Å². The number of alkyl halides is 3. The maximum atomic E-state index is 11.9. The molecule has 0 unspecified atom stereocenters. The van der Waals surface area contributed by atoms with E-state index in [2.05, 4.69) is 5.32 Å². The van der Waals surface area contributed by atoms with Crippen molar-refractivity contribution >= 4 is 23.4 Å². The Hall–Kier alpha value is -0.590. The number of methoxy groups -OCH3 is 1. The first kappa shape index (κ1) is 15.5. The second-order valence-electron chi connectivity index (χ2n) is 3.39. The Labute approximate surface area is 113 Å². The summed E-state index contributed by atoms with van der Waals surface area (Å²) in [5.74, 6) is 0.592. The molecular formula is C11H13ClF3NOS. The molecule has 1 N–H and O–H groups in total. The van der Waals surface area contributed by atoms with E-state index in [4.69, 9.17) is 16.3 Å². The molecule has 0 fully saturated rings. The number of benzene rings is 1. The lowest BCUT2D eigenvalue weighted by Gasteiger charge is -2.11. The van der Waals surface area contributed by atoms with Gasteiger partial charge in [0.05, 0.1) is 7.11 Å². The molecule has 18 heavy (non-hydrogen) atoms. The zero-order valence-electron chi connectivity index (χ0n) is 9.68. The van der Waals surface area contributed by atoms with E-state index < -0.39 is 5.51 Å². The van der Waals surface area contributed by atoms with Crippen LogP contribution in [0.25, 0.3) is 0 Å². The number of ether oxygens (including phenoxy) is 1. The highest BCUT2D eigenvalue weighted by Crippen LogP contribution is 2.29. The van der Waals surface area contributed by atoms with Crippen LogP contribution in [0, 0.1) is 0 Å². The number of halogens is 4. The van der Waals surface area contributed by atoms with Crippen LogP contribution in [0.1, 0.15) is 5.56 Å². The summed E-state index contributed by atoms with van der Waals surface area (Å²) in [6.07, 6.45) is 0. The molecule has 0 amide bonds. The molecule has 0 bridgehead atoms. The van der Waals surface area contributed by atoms with Gasteiger partial charge < -0.3 is 10.1 Å². The minimum Gasteiger partial charge on any atom is -0.496 e. The van der Waals surface area contributed by atoms with Crippen molar-refractivity contribution in [1.29, 1.82) is 0 Å². The van der Waals surface area contributed by atoms with Crippen LogP contribution in [-0.4, -0.2) is 24.9 Å². The third kappa shape index (κ3) is 5.37. The van der Waals surface area contributed by atoms with Crippen LogP contribution in [-0.2, 0) is 6.54 Å². The van der Waals surface area contributed by atoms with Gasteiger partial charge in [0.2, 0.25) is 0 Å². The van der Waals surface area contributed by atoms with Gasteiger partial charge in [0.15, 0.2) is 0 Å². The topological polar surface area (TPSA) is 21.3 Å². The summed E-state index contributed by atoms with van der Waals surface area (Å²) < 4.78 is 40.8. The quantitative estimate of drug-likeness (QED) is 0.810. The summed E-state index contributed by atoms with van der Waals surface area (Å²) in [6.45, 7) is 0.625. The zero-order chi connectivity index (χ0) is 13.6. The summed E-state index contributed by atoms with van der Waals surface area (Å²) >= 11 is 5.94. The third-order valence-electron chi connectivity index (χ3n) is 2.14. The van der Waals surface area contributed by atoms with Crippen LogP contribution >= 0.6 is 23.4 Å². The monoisotopic (exact) mass is 299 g/mol. The SMILES string of the molecule is COc1cccc(Cl)c1CNCCSC(F)(F)F. The molecule has 0 heterocycles. The van der Waals surface area contributed by atoms with Crippen LogP contribution < -0.4 is 10.1 Å². The van der Waals surface area contributed by atoms with Crippen LogP contribution in [0.5, 0.6) is 5.75 Å². The van der Waals surface area contributed by atoms with Crippen molar-refractivity contribution in [2.24, 2.45) is 0 Å². The largest absolute Gasteiger partial charge is 0.496 e. The van der Waals surface area contributed by atoms with Crippen molar-refractivity contribution in [2.75, 3.05) is 19.4 Å². The molecule has 0 spiro atoms. The first-order valence-corrected chi connectivity index (χ1v) is 6.53. The molecule has 1 aromatic carbocycles. The molecule has 0 saturated carbocycles. The minimum absolute atomic E-state index is 0.0315. The van der Waals surface area contributed by atoms with E-state index >= 15 is 0 Å². The highest BCUT2D eigenvalue weighted by Gasteiger charge is 2.27. The van der Waals surface area contributed by atoms with Crippen molar-refractivity contribution in [2.45, 2.75) is 12.1 Å². The van der Waals surface area contributed by atoms with E-state index in [1.165, 1.54) is 7.11 Å². The molecule has 0 aromatic heterocycles. The van der Waals surface area contributed by atoms with E-state index in [0.717, 1.165) is 5.56 Å². The Kier molecular flexibility index (Phi) is 6.11. The van der Waals surface area contributed by atoms with Gasteiger partial charge in [-0.3, -0.25) is 0 Å². The summed E-state index contributed by atoms with van der Waals surface area (Å²) in [5, 5.41) is 3.44. The predicted molar refractivity (Wildman–Crippen MR) is 68.2 cm³/mol. The van der Waals surface area contributed by atoms with E-state index in [0.29, 0.717) is 17.3 Å². The number of hydrogen-bond donors (Lipinski definition) is 1. The number of hydrogen-bond acceptors (Lipinski definition) is 3. The number of thioether (sulfide) groups is 1. The first-order chi connectivity index (χ1) is 8.44. The van der Waals surface area contributed by atoms with E-state index in [1.54, 1.807) is 18.2 Å². The predicted octanol–water partition coefficient (Wildman–Crippen LogP) is 3.69. The highest BCUT2D eigenvalue weighted by atomic mass is 35.5. The lowest BCUT2D eigenvalue weighted by Crippen LogP contribution is -2.19. The number of rotatable bonds is 6. The maximum absolute atomic E-state index is 11.9. The minimum atomic E-state index is -4.18. The fraction of sp³-hybridized carbons (Fsp3) is 0.455. The smallest absolute Gasteiger partial charge is 0.441 e. The van der Waals surface area contributed by atoms with E-state index in [9.17, 15) is 13.2 Å². The van der Waals surface area contributed by atoms with Crippen LogP contribution in [0.15, 0.2) is 18.2 Å². The molecule has 0 aliphatic heterocycles. The molecule has 0 aliphatic rings. The fourth-order valence-electron chi connectivity index (χ4n) is 1.35. The van der Waals surface area contributed by atoms with Crippen molar-refractivity contribution in [3.8, 4) is 5.75 Å². The Balaban J connectivity index is 2.40. The summed E-state index contributed by atoms with van der Waals surface area (Å²) in [7, 11) is 1.52. The Morgan fingerprint density at radius 2 is 2.11 bits per heavy atom. The van der Waals surface area contributed by atoms with Gasteiger partial charge in [0.1, 0.15) is 5.75 Å². The van der Waals surface area contributed by atoms with Gasteiger partial charge in [0, 0.05) is 29.4 Å². The molecular weight excluding hydrogens is 287 g/mol. The Bertz CT molecular complexity index is 387.